The van der Waals surface area contributed by atoms with Crippen molar-refractivity contribution in [3.8, 4) is 0 Å². The van der Waals surface area contributed by atoms with Crippen LogP contribution in [0.3, 0.4) is 0 Å². The molecule has 18 heavy (non-hydrogen) atoms. The van der Waals surface area contributed by atoms with Gasteiger partial charge >= 0.3 is 6.18 Å². The molecule has 1 heterocycles. The summed E-state index contributed by atoms with van der Waals surface area (Å²) in [5.41, 5.74) is -2.83. The lowest BCUT2D eigenvalue weighted by Gasteiger charge is -2.21. The third-order valence-electron chi connectivity index (χ3n) is 2.73. The summed E-state index contributed by atoms with van der Waals surface area (Å²) in [7, 11) is 0. The van der Waals surface area contributed by atoms with E-state index < -0.39 is 40.7 Å². The summed E-state index contributed by atoms with van der Waals surface area (Å²) in [4.78, 5) is 3.60. The number of hydrogen-bond acceptors (Lipinski definition) is 1. The SMILES string of the molecule is CC1=NCC(F)c2cc(C(F)(F)F)c(F)c(F)c21. The number of aliphatic imine (C=N–C) groups is 1. The summed E-state index contributed by atoms with van der Waals surface area (Å²) in [6.45, 7) is 0.904. The molecule has 1 nitrogen and oxygen atoms in total. The van der Waals surface area contributed by atoms with Gasteiger partial charge in [-0.1, -0.05) is 0 Å². The van der Waals surface area contributed by atoms with Crippen molar-refractivity contribution in [1.82, 2.24) is 0 Å². The van der Waals surface area contributed by atoms with Gasteiger partial charge in [-0.3, -0.25) is 4.99 Å². The molecule has 1 atom stereocenters. The summed E-state index contributed by atoms with van der Waals surface area (Å²) in [5.74, 6) is -3.73. The molecule has 98 valence electrons. The van der Waals surface area contributed by atoms with E-state index in [9.17, 15) is 26.3 Å². The molecule has 0 spiro atoms. The van der Waals surface area contributed by atoms with E-state index in [2.05, 4.69) is 4.99 Å². The first kappa shape index (κ1) is 12.9. The number of halogens is 6. The quantitative estimate of drug-likeness (QED) is 0.634. The van der Waals surface area contributed by atoms with Gasteiger partial charge in [-0.25, -0.2) is 13.2 Å². The van der Waals surface area contributed by atoms with Crippen LogP contribution >= 0.6 is 0 Å². The minimum absolute atomic E-state index is 0.0102. The van der Waals surface area contributed by atoms with Gasteiger partial charge < -0.3 is 0 Å². The number of rotatable bonds is 0. The lowest BCUT2D eigenvalue weighted by Crippen LogP contribution is -2.20. The van der Waals surface area contributed by atoms with Crippen LogP contribution in [-0.2, 0) is 6.18 Å². The van der Waals surface area contributed by atoms with Crippen molar-refractivity contribution in [2.45, 2.75) is 19.3 Å². The van der Waals surface area contributed by atoms with E-state index in [1.54, 1.807) is 0 Å². The second kappa shape index (κ2) is 4.00. The van der Waals surface area contributed by atoms with Crippen molar-refractivity contribution in [2.24, 2.45) is 4.99 Å². The largest absolute Gasteiger partial charge is 0.419 e. The molecule has 0 amide bonds. The van der Waals surface area contributed by atoms with E-state index in [1.165, 1.54) is 6.92 Å². The van der Waals surface area contributed by atoms with Crippen LogP contribution in [0.4, 0.5) is 26.3 Å². The van der Waals surface area contributed by atoms with Crippen molar-refractivity contribution in [2.75, 3.05) is 6.54 Å². The van der Waals surface area contributed by atoms with Gasteiger partial charge in [0.15, 0.2) is 11.6 Å². The Hall–Kier alpha value is -1.53. The Morgan fingerprint density at radius 3 is 2.39 bits per heavy atom. The van der Waals surface area contributed by atoms with Gasteiger partial charge in [-0.2, -0.15) is 13.2 Å². The van der Waals surface area contributed by atoms with Crippen LogP contribution in [0.2, 0.25) is 0 Å². The van der Waals surface area contributed by atoms with E-state index in [0.717, 1.165) is 0 Å². The van der Waals surface area contributed by atoms with Crippen LogP contribution in [-0.4, -0.2) is 12.3 Å². The predicted octanol–water partition coefficient (Wildman–Crippen LogP) is 3.82. The summed E-state index contributed by atoms with van der Waals surface area (Å²) in [6.07, 6.45) is -6.93. The maximum Gasteiger partial charge on any atom is 0.419 e. The van der Waals surface area contributed by atoms with Gasteiger partial charge in [0.1, 0.15) is 6.17 Å². The second-order valence-corrected chi connectivity index (χ2v) is 3.91. The number of alkyl halides is 4. The van der Waals surface area contributed by atoms with Crippen LogP contribution in [0.25, 0.3) is 0 Å². The lowest BCUT2D eigenvalue weighted by molar-refractivity contribution is -0.140. The van der Waals surface area contributed by atoms with Gasteiger partial charge in [0.25, 0.3) is 0 Å². The molecular formula is C11H7F6N. The van der Waals surface area contributed by atoms with Crippen LogP contribution < -0.4 is 0 Å². The highest BCUT2D eigenvalue weighted by Crippen LogP contribution is 2.38. The molecule has 0 saturated carbocycles. The average Bonchev–Trinajstić information content (AvgIpc) is 2.26. The van der Waals surface area contributed by atoms with Crippen LogP contribution in [0, 0.1) is 11.6 Å². The van der Waals surface area contributed by atoms with Gasteiger partial charge in [-0.15, -0.1) is 0 Å². The molecule has 1 aromatic carbocycles. The van der Waals surface area contributed by atoms with Crippen molar-refractivity contribution in [3.05, 3.63) is 34.4 Å². The number of fused-ring (bicyclic) bond motifs is 1. The minimum atomic E-state index is -5.07. The standard InChI is InChI=1S/C11H7F6N/c1-4-8-5(7(12)3-18-4)2-6(11(15,16)17)9(13)10(8)14/h2,7H,3H2,1H3. The third kappa shape index (κ3) is 1.87. The zero-order valence-corrected chi connectivity index (χ0v) is 9.08. The fourth-order valence-electron chi connectivity index (χ4n) is 1.86. The molecule has 0 bridgehead atoms. The van der Waals surface area contributed by atoms with Crippen molar-refractivity contribution < 1.29 is 26.3 Å². The molecule has 1 aliphatic heterocycles. The molecule has 0 fully saturated rings. The molecule has 0 saturated heterocycles. The van der Waals surface area contributed by atoms with Crippen molar-refractivity contribution in [1.29, 1.82) is 0 Å². The second-order valence-electron chi connectivity index (χ2n) is 3.91. The Morgan fingerprint density at radius 2 is 1.83 bits per heavy atom. The highest BCUT2D eigenvalue weighted by molar-refractivity contribution is 6.01. The number of benzene rings is 1. The first-order valence-electron chi connectivity index (χ1n) is 4.98. The summed E-state index contributed by atoms with van der Waals surface area (Å²) in [5, 5.41) is 0. The van der Waals surface area contributed by atoms with E-state index in [-0.39, 0.29) is 12.3 Å². The Morgan fingerprint density at radius 1 is 1.22 bits per heavy atom. The third-order valence-corrected chi connectivity index (χ3v) is 2.73. The zero-order valence-electron chi connectivity index (χ0n) is 9.08. The topological polar surface area (TPSA) is 12.4 Å². The smallest absolute Gasteiger partial charge is 0.286 e. The monoisotopic (exact) mass is 267 g/mol. The van der Waals surface area contributed by atoms with E-state index in [0.29, 0.717) is 6.07 Å². The van der Waals surface area contributed by atoms with Crippen LogP contribution in [0.1, 0.15) is 29.8 Å². The summed E-state index contributed by atoms with van der Waals surface area (Å²) < 4.78 is 77.7. The van der Waals surface area contributed by atoms with Gasteiger partial charge in [0, 0.05) is 16.8 Å². The lowest BCUT2D eigenvalue weighted by atomic mass is 9.93. The molecule has 0 aromatic heterocycles. The molecule has 2 rings (SSSR count). The number of hydrogen-bond donors (Lipinski definition) is 0. The van der Waals surface area contributed by atoms with Crippen molar-refractivity contribution >= 4 is 5.71 Å². The normalized spacial score (nSPS) is 19.5. The van der Waals surface area contributed by atoms with Crippen LogP contribution in [0.5, 0.6) is 0 Å². The first-order chi connectivity index (χ1) is 8.23. The summed E-state index contributed by atoms with van der Waals surface area (Å²) in [6, 6.07) is 0.316. The Bertz CT molecular complexity index is 531. The fraction of sp³-hybridized carbons (Fsp3) is 0.364. The zero-order chi connectivity index (χ0) is 13.7. The highest BCUT2D eigenvalue weighted by Gasteiger charge is 2.39. The molecule has 0 radical (unpaired) electrons. The molecule has 0 aliphatic carbocycles. The molecular weight excluding hydrogens is 260 g/mol. The van der Waals surface area contributed by atoms with E-state index in [4.69, 9.17) is 0 Å². The fourth-order valence-corrected chi connectivity index (χ4v) is 1.86. The Labute approximate surface area is 98.1 Å². The Kier molecular flexibility index (Phi) is 2.87. The Balaban J connectivity index is 2.76. The van der Waals surface area contributed by atoms with Crippen molar-refractivity contribution in [3.63, 3.8) is 0 Å². The summed E-state index contributed by atoms with van der Waals surface area (Å²) >= 11 is 0. The molecule has 7 heteroatoms. The molecule has 1 aromatic rings. The average molecular weight is 267 g/mol. The molecule has 0 N–H and O–H groups in total. The molecule has 1 unspecified atom stereocenters. The van der Waals surface area contributed by atoms with Gasteiger partial charge in [-0.05, 0) is 13.0 Å². The van der Waals surface area contributed by atoms with E-state index >= 15 is 0 Å². The highest BCUT2D eigenvalue weighted by atomic mass is 19.4. The minimum Gasteiger partial charge on any atom is -0.286 e. The van der Waals surface area contributed by atoms with E-state index in [1.807, 2.05) is 0 Å². The van der Waals surface area contributed by atoms with Gasteiger partial charge in [0.2, 0.25) is 0 Å². The molecule has 1 aliphatic rings. The number of nitrogens with zero attached hydrogens (tertiary/aromatic N) is 1. The first-order valence-corrected chi connectivity index (χ1v) is 4.98. The maximum atomic E-state index is 13.6. The van der Waals surface area contributed by atoms with Gasteiger partial charge in [0.05, 0.1) is 12.1 Å². The van der Waals surface area contributed by atoms with Crippen LogP contribution in [0.15, 0.2) is 11.1 Å². The maximum absolute atomic E-state index is 13.6. The predicted molar refractivity (Wildman–Crippen MR) is 52.3 cm³/mol.